The van der Waals surface area contributed by atoms with Gasteiger partial charge in [-0.1, -0.05) is 6.92 Å². The highest BCUT2D eigenvalue weighted by atomic mass is 16.5. The van der Waals surface area contributed by atoms with Crippen LogP contribution in [0.25, 0.3) is 0 Å². The molecule has 1 heterocycles. The predicted octanol–water partition coefficient (Wildman–Crippen LogP) is 1.31. The Balaban J connectivity index is 2.45. The van der Waals surface area contributed by atoms with Crippen LogP contribution in [0.5, 0.6) is 0 Å². The second-order valence-corrected chi connectivity index (χ2v) is 5.17. The van der Waals surface area contributed by atoms with Crippen molar-refractivity contribution >= 4 is 12.0 Å². The van der Waals surface area contributed by atoms with Gasteiger partial charge in [-0.2, -0.15) is 0 Å². The van der Waals surface area contributed by atoms with Gasteiger partial charge >= 0.3 is 12.0 Å². The van der Waals surface area contributed by atoms with Crippen LogP contribution in [-0.2, 0) is 9.53 Å². The lowest BCUT2D eigenvalue weighted by Crippen LogP contribution is -2.48. The van der Waals surface area contributed by atoms with Crippen molar-refractivity contribution in [2.24, 2.45) is 5.92 Å². The van der Waals surface area contributed by atoms with Gasteiger partial charge in [0.2, 0.25) is 0 Å². The first-order valence-corrected chi connectivity index (χ1v) is 6.83. The molecule has 2 N–H and O–H groups in total. The quantitative estimate of drug-likeness (QED) is 0.764. The highest BCUT2D eigenvalue weighted by Gasteiger charge is 2.28. The highest BCUT2D eigenvalue weighted by Crippen LogP contribution is 2.22. The Labute approximate surface area is 114 Å². The van der Waals surface area contributed by atoms with Crippen LogP contribution in [0.4, 0.5) is 4.79 Å². The molecule has 0 spiro atoms. The number of urea groups is 1. The van der Waals surface area contributed by atoms with Gasteiger partial charge in [-0.25, -0.2) is 4.79 Å². The van der Waals surface area contributed by atoms with Gasteiger partial charge in [0.15, 0.2) is 0 Å². The molecule has 1 saturated heterocycles. The number of nitrogens with zero attached hydrogens (tertiary/aromatic N) is 1. The molecule has 1 aliphatic rings. The largest absolute Gasteiger partial charge is 0.480 e. The van der Waals surface area contributed by atoms with E-state index in [4.69, 9.17) is 9.84 Å². The number of amides is 2. The smallest absolute Gasteiger partial charge is 0.323 e. The first kappa shape index (κ1) is 15.8. The van der Waals surface area contributed by atoms with Crippen LogP contribution in [0, 0.1) is 5.92 Å². The van der Waals surface area contributed by atoms with Crippen LogP contribution < -0.4 is 5.32 Å². The van der Waals surface area contributed by atoms with E-state index in [9.17, 15) is 9.59 Å². The summed E-state index contributed by atoms with van der Waals surface area (Å²) >= 11 is 0. The Morgan fingerprint density at radius 3 is 2.68 bits per heavy atom. The van der Waals surface area contributed by atoms with Crippen molar-refractivity contribution in [3.63, 3.8) is 0 Å². The van der Waals surface area contributed by atoms with Crippen LogP contribution in [0.3, 0.4) is 0 Å². The molecule has 110 valence electrons. The van der Waals surface area contributed by atoms with Crippen LogP contribution in [0.2, 0.25) is 0 Å². The van der Waals surface area contributed by atoms with Crippen molar-refractivity contribution in [3.8, 4) is 0 Å². The number of carboxylic acids is 1. The molecule has 1 fully saturated rings. The molecule has 0 aromatic rings. The molecule has 1 aliphatic heterocycles. The normalized spacial score (nSPS) is 22.5. The number of aliphatic carboxylic acids is 1. The summed E-state index contributed by atoms with van der Waals surface area (Å²) in [4.78, 5) is 24.0. The Kier molecular flexibility index (Phi) is 6.08. The van der Waals surface area contributed by atoms with Crippen LogP contribution in [-0.4, -0.2) is 53.8 Å². The molecule has 2 atom stereocenters. The lowest BCUT2D eigenvalue weighted by atomic mass is 10.00. The minimum Gasteiger partial charge on any atom is -0.480 e. The summed E-state index contributed by atoms with van der Waals surface area (Å²) in [5.41, 5.74) is 0. The van der Waals surface area contributed by atoms with E-state index in [2.05, 4.69) is 12.2 Å². The third-order valence-electron chi connectivity index (χ3n) is 3.45. The highest BCUT2D eigenvalue weighted by molar-refractivity contribution is 5.80. The van der Waals surface area contributed by atoms with Crippen molar-refractivity contribution in [2.75, 3.05) is 19.7 Å². The summed E-state index contributed by atoms with van der Waals surface area (Å²) in [6.45, 7) is 6.67. The fourth-order valence-electron chi connectivity index (χ4n) is 2.33. The van der Waals surface area contributed by atoms with Gasteiger partial charge in [0, 0.05) is 25.1 Å². The standard InChI is InChI=1S/C13H24N2O4/c1-4-11-10(5-6-19-11)7-14-13(18)15(9(2)3)8-12(16)17/h9-11H,4-8H2,1-3H3,(H,14,18)(H,16,17). The zero-order valence-electron chi connectivity index (χ0n) is 11.9. The summed E-state index contributed by atoms with van der Waals surface area (Å²) < 4.78 is 5.56. The maximum atomic E-state index is 12.0. The monoisotopic (exact) mass is 272 g/mol. The molecule has 0 aromatic carbocycles. The van der Waals surface area contributed by atoms with Crippen molar-refractivity contribution in [1.29, 1.82) is 0 Å². The lowest BCUT2D eigenvalue weighted by molar-refractivity contribution is -0.138. The second kappa shape index (κ2) is 7.33. The average Bonchev–Trinajstić information content (AvgIpc) is 2.79. The van der Waals surface area contributed by atoms with E-state index in [0.717, 1.165) is 19.4 Å². The molecule has 6 heteroatoms. The molecule has 2 unspecified atom stereocenters. The zero-order valence-corrected chi connectivity index (χ0v) is 11.9. The molecule has 0 radical (unpaired) electrons. The number of rotatable bonds is 6. The third kappa shape index (κ3) is 4.70. The van der Waals surface area contributed by atoms with Crippen LogP contribution >= 0.6 is 0 Å². The Morgan fingerprint density at radius 1 is 1.47 bits per heavy atom. The van der Waals surface area contributed by atoms with E-state index < -0.39 is 5.97 Å². The Bertz CT molecular complexity index is 320. The topological polar surface area (TPSA) is 78.9 Å². The van der Waals surface area contributed by atoms with E-state index >= 15 is 0 Å². The average molecular weight is 272 g/mol. The van der Waals surface area contributed by atoms with Crippen LogP contribution in [0.15, 0.2) is 0 Å². The van der Waals surface area contributed by atoms with Gasteiger partial charge < -0.3 is 20.1 Å². The number of ether oxygens (including phenoxy) is 1. The van der Waals surface area contributed by atoms with E-state index in [0.29, 0.717) is 12.5 Å². The molecule has 0 aromatic heterocycles. The zero-order chi connectivity index (χ0) is 14.4. The van der Waals surface area contributed by atoms with Crippen molar-refractivity contribution < 1.29 is 19.4 Å². The SMILES string of the molecule is CCC1OCCC1CNC(=O)N(CC(=O)O)C(C)C. The maximum absolute atomic E-state index is 12.0. The molecule has 0 aliphatic carbocycles. The van der Waals surface area contributed by atoms with E-state index in [1.54, 1.807) is 13.8 Å². The number of nitrogens with one attached hydrogen (secondary N) is 1. The van der Waals surface area contributed by atoms with Gasteiger partial charge in [-0.05, 0) is 26.7 Å². The number of carbonyl (C=O) groups is 2. The summed E-state index contributed by atoms with van der Waals surface area (Å²) in [5, 5.41) is 11.6. The number of carboxylic acid groups (broad SMARTS) is 1. The van der Waals surface area contributed by atoms with Gasteiger partial charge in [0.05, 0.1) is 6.10 Å². The van der Waals surface area contributed by atoms with E-state index in [-0.39, 0.29) is 24.7 Å². The molecule has 19 heavy (non-hydrogen) atoms. The maximum Gasteiger partial charge on any atom is 0.323 e. The van der Waals surface area contributed by atoms with E-state index in [1.165, 1.54) is 4.90 Å². The van der Waals surface area contributed by atoms with Crippen LogP contribution in [0.1, 0.15) is 33.6 Å². The van der Waals surface area contributed by atoms with Gasteiger partial charge in [-0.3, -0.25) is 4.79 Å². The van der Waals surface area contributed by atoms with Crippen molar-refractivity contribution in [1.82, 2.24) is 10.2 Å². The molecule has 6 nitrogen and oxygen atoms in total. The molecule has 0 saturated carbocycles. The fourth-order valence-corrected chi connectivity index (χ4v) is 2.33. The number of hydrogen-bond donors (Lipinski definition) is 2. The van der Waals surface area contributed by atoms with E-state index in [1.807, 2.05) is 0 Å². The Hall–Kier alpha value is -1.30. The summed E-state index contributed by atoms with van der Waals surface area (Å²) in [6, 6.07) is -0.461. The van der Waals surface area contributed by atoms with Gasteiger partial charge in [0.25, 0.3) is 0 Å². The number of carbonyl (C=O) groups excluding carboxylic acids is 1. The Morgan fingerprint density at radius 2 is 2.16 bits per heavy atom. The first-order valence-electron chi connectivity index (χ1n) is 6.83. The minimum atomic E-state index is -1.00. The minimum absolute atomic E-state index is 0.141. The number of hydrogen-bond acceptors (Lipinski definition) is 3. The predicted molar refractivity (Wildman–Crippen MR) is 71.0 cm³/mol. The second-order valence-electron chi connectivity index (χ2n) is 5.17. The summed E-state index contributed by atoms with van der Waals surface area (Å²) in [7, 11) is 0. The molecular weight excluding hydrogens is 248 g/mol. The van der Waals surface area contributed by atoms with Crippen molar-refractivity contribution in [3.05, 3.63) is 0 Å². The van der Waals surface area contributed by atoms with Crippen molar-refractivity contribution in [2.45, 2.75) is 45.8 Å². The summed E-state index contributed by atoms with van der Waals surface area (Å²) in [6.07, 6.45) is 2.08. The molecule has 1 rings (SSSR count). The fraction of sp³-hybridized carbons (Fsp3) is 0.846. The molecular formula is C13H24N2O4. The lowest BCUT2D eigenvalue weighted by Gasteiger charge is -2.26. The molecule has 0 bridgehead atoms. The summed E-state index contributed by atoms with van der Waals surface area (Å²) in [5.74, 6) is -0.674. The first-order chi connectivity index (χ1) is 8.95. The van der Waals surface area contributed by atoms with Gasteiger partial charge in [0.1, 0.15) is 6.54 Å². The third-order valence-corrected chi connectivity index (χ3v) is 3.45. The molecule has 2 amide bonds. The van der Waals surface area contributed by atoms with Gasteiger partial charge in [-0.15, -0.1) is 0 Å².